The summed E-state index contributed by atoms with van der Waals surface area (Å²) in [6.45, 7) is 0. The number of halogens is 2. The van der Waals surface area contributed by atoms with E-state index in [1.54, 1.807) is 42.5 Å². The minimum atomic E-state index is -2.49. The standard InChI is InChI=1S/C25H18F2N2O3S/c26-23(27)19-9-7-18(8-10-19)17-5-1-15(2-6-17)13-21-24(32)29-25(33-21)28-20-11-3-16(4-12-20)14-22(30)31/h1-13,23H,14H2,(H,30,31)(H,28,29,32). The maximum absolute atomic E-state index is 12.7. The van der Waals surface area contributed by atoms with Gasteiger partial charge in [0.25, 0.3) is 12.3 Å². The fourth-order valence-electron chi connectivity index (χ4n) is 3.20. The number of nitrogens with zero attached hydrogens (tertiary/aromatic N) is 1. The van der Waals surface area contributed by atoms with Gasteiger partial charge in [-0.3, -0.25) is 9.59 Å². The second-order valence-corrected chi connectivity index (χ2v) is 8.29. The predicted octanol–water partition coefficient (Wildman–Crippen LogP) is 5.81. The van der Waals surface area contributed by atoms with Crippen LogP contribution >= 0.6 is 11.8 Å². The molecule has 1 aliphatic rings. The Bertz CT molecular complexity index is 1240. The van der Waals surface area contributed by atoms with Crippen LogP contribution in [0.1, 0.15) is 23.1 Å². The van der Waals surface area contributed by atoms with E-state index in [0.29, 0.717) is 21.3 Å². The van der Waals surface area contributed by atoms with E-state index < -0.39 is 12.4 Å². The Kier molecular flexibility index (Phi) is 6.65. The maximum atomic E-state index is 12.7. The van der Waals surface area contributed by atoms with E-state index in [9.17, 15) is 18.4 Å². The molecule has 0 atom stereocenters. The molecular formula is C25H18F2N2O3S. The summed E-state index contributed by atoms with van der Waals surface area (Å²) >= 11 is 1.21. The number of amides is 1. The maximum Gasteiger partial charge on any atom is 0.307 e. The number of carbonyl (C=O) groups excluding carboxylic acids is 1. The molecule has 0 spiro atoms. The molecule has 0 saturated carbocycles. The van der Waals surface area contributed by atoms with Crippen LogP contribution in [0.5, 0.6) is 0 Å². The molecule has 5 nitrogen and oxygen atoms in total. The Labute approximate surface area is 192 Å². The van der Waals surface area contributed by atoms with Crippen LogP contribution in [0.25, 0.3) is 17.2 Å². The average molecular weight is 464 g/mol. The van der Waals surface area contributed by atoms with Crippen LogP contribution in [0, 0.1) is 0 Å². The van der Waals surface area contributed by atoms with Gasteiger partial charge in [-0.2, -0.15) is 0 Å². The minimum absolute atomic E-state index is 0.0157. The smallest absolute Gasteiger partial charge is 0.307 e. The van der Waals surface area contributed by atoms with Crippen molar-refractivity contribution in [3.05, 3.63) is 94.4 Å². The van der Waals surface area contributed by atoms with Gasteiger partial charge in [-0.05, 0) is 52.2 Å². The number of aliphatic carboxylic acids is 1. The van der Waals surface area contributed by atoms with Gasteiger partial charge in [0.15, 0.2) is 5.17 Å². The van der Waals surface area contributed by atoms with Crippen molar-refractivity contribution in [2.45, 2.75) is 12.8 Å². The van der Waals surface area contributed by atoms with Crippen LogP contribution in [0.2, 0.25) is 0 Å². The van der Waals surface area contributed by atoms with E-state index in [1.165, 1.54) is 23.9 Å². The lowest BCUT2D eigenvalue weighted by Crippen LogP contribution is -2.19. The van der Waals surface area contributed by atoms with Gasteiger partial charge in [0, 0.05) is 5.56 Å². The highest BCUT2D eigenvalue weighted by atomic mass is 32.2. The number of nitrogens with one attached hydrogen (secondary N) is 1. The summed E-state index contributed by atoms with van der Waals surface area (Å²) in [5.41, 5.74) is 3.79. The van der Waals surface area contributed by atoms with E-state index in [0.717, 1.165) is 16.7 Å². The first kappa shape index (κ1) is 22.4. The molecule has 166 valence electrons. The number of amidine groups is 1. The quantitative estimate of drug-likeness (QED) is 0.451. The number of alkyl halides is 2. The van der Waals surface area contributed by atoms with Crippen LogP contribution in [0.15, 0.2) is 82.7 Å². The van der Waals surface area contributed by atoms with E-state index in [1.807, 2.05) is 24.3 Å². The molecule has 3 aromatic rings. The number of aliphatic imine (C=N–C) groups is 1. The van der Waals surface area contributed by atoms with Crippen LogP contribution in [0.3, 0.4) is 0 Å². The van der Waals surface area contributed by atoms with Crippen molar-refractivity contribution in [3.63, 3.8) is 0 Å². The third-order valence-corrected chi connectivity index (χ3v) is 5.79. The third-order valence-electron chi connectivity index (χ3n) is 4.88. The van der Waals surface area contributed by atoms with Crippen LogP contribution in [0.4, 0.5) is 14.5 Å². The van der Waals surface area contributed by atoms with E-state index in [2.05, 4.69) is 10.3 Å². The Balaban J connectivity index is 1.45. The molecule has 1 amide bonds. The Morgan fingerprint density at radius 1 is 0.970 bits per heavy atom. The molecule has 33 heavy (non-hydrogen) atoms. The van der Waals surface area contributed by atoms with Crippen molar-refractivity contribution in [2.75, 3.05) is 0 Å². The monoisotopic (exact) mass is 464 g/mol. The van der Waals surface area contributed by atoms with Gasteiger partial charge in [-0.25, -0.2) is 13.8 Å². The zero-order chi connectivity index (χ0) is 23.4. The number of rotatable bonds is 6. The van der Waals surface area contributed by atoms with Gasteiger partial charge in [0.2, 0.25) is 0 Å². The van der Waals surface area contributed by atoms with Gasteiger partial charge >= 0.3 is 5.97 Å². The highest BCUT2D eigenvalue weighted by molar-refractivity contribution is 8.18. The van der Waals surface area contributed by atoms with Crippen LogP contribution in [-0.4, -0.2) is 22.2 Å². The lowest BCUT2D eigenvalue weighted by molar-refractivity contribution is -0.136. The first-order valence-electron chi connectivity index (χ1n) is 9.96. The Morgan fingerprint density at radius 3 is 2.15 bits per heavy atom. The zero-order valence-corrected chi connectivity index (χ0v) is 18.0. The summed E-state index contributed by atoms with van der Waals surface area (Å²) in [6, 6.07) is 20.4. The molecule has 4 rings (SSSR count). The third kappa shape index (κ3) is 5.72. The zero-order valence-electron chi connectivity index (χ0n) is 17.2. The summed E-state index contributed by atoms with van der Waals surface area (Å²) in [6.07, 6.45) is -0.801. The van der Waals surface area contributed by atoms with Crippen LogP contribution < -0.4 is 5.32 Å². The fourth-order valence-corrected chi connectivity index (χ4v) is 4.05. The molecular weight excluding hydrogens is 446 g/mol. The number of carboxylic acids is 1. The largest absolute Gasteiger partial charge is 0.481 e. The normalized spacial score (nSPS) is 15.9. The lowest BCUT2D eigenvalue weighted by Gasteiger charge is -2.05. The molecule has 0 unspecified atom stereocenters. The molecule has 1 heterocycles. The van der Waals surface area contributed by atoms with Gasteiger partial charge in [0.1, 0.15) is 0 Å². The van der Waals surface area contributed by atoms with Crippen molar-refractivity contribution in [3.8, 4) is 11.1 Å². The predicted molar refractivity (Wildman–Crippen MR) is 125 cm³/mol. The first-order valence-corrected chi connectivity index (χ1v) is 10.8. The Hall–Kier alpha value is -3.78. The van der Waals surface area contributed by atoms with Gasteiger partial charge < -0.3 is 10.4 Å². The second kappa shape index (κ2) is 9.79. The van der Waals surface area contributed by atoms with Crippen LogP contribution in [-0.2, 0) is 16.0 Å². The SMILES string of the molecule is O=C(O)Cc1ccc(N=C2NC(=O)C(=Cc3ccc(-c4ccc(C(F)F)cc4)cc3)S2)cc1. The summed E-state index contributed by atoms with van der Waals surface area (Å²) in [7, 11) is 0. The van der Waals surface area contributed by atoms with Gasteiger partial charge in [-0.15, -0.1) is 0 Å². The number of carboxylic acid groups (broad SMARTS) is 1. The van der Waals surface area contributed by atoms with E-state index in [4.69, 9.17) is 5.11 Å². The molecule has 1 fully saturated rings. The molecule has 0 aromatic heterocycles. The summed E-state index contributed by atoms with van der Waals surface area (Å²) in [5.74, 6) is -1.16. The molecule has 0 radical (unpaired) electrons. The summed E-state index contributed by atoms with van der Waals surface area (Å²) in [5, 5.41) is 12.0. The number of benzene rings is 3. The Morgan fingerprint density at radius 2 is 1.58 bits per heavy atom. The van der Waals surface area contributed by atoms with Crippen molar-refractivity contribution in [1.82, 2.24) is 5.32 Å². The van der Waals surface area contributed by atoms with Gasteiger partial charge in [0.05, 0.1) is 17.0 Å². The first-order chi connectivity index (χ1) is 15.9. The molecule has 8 heteroatoms. The summed E-state index contributed by atoms with van der Waals surface area (Å²) in [4.78, 5) is 28.0. The van der Waals surface area contributed by atoms with Crippen molar-refractivity contribution in [1.29, 1.82) is 0 Å². The average Bonchev–Trinajstić information content (AvgIpc) is 3.14. The summed E-state index contributed by atoms with van der Waals surface area (Å²) < 4.78 is 25.4. The fraction of sp³-hybridized carbons (Fsp3) is 0.0800. The van der Waals surface area contributed by atoms with E-state index >= 15 is 0 Å². The molecule has 0 aliphatic carbocycles. The topological polar surface area (TPSA) is 78.8 Å². The van der Waals surface area contributed by atoms with Gasteiger partial charge in [-0.1, -0.05) is 60.7 Å². The highest BCUT2D eigenvalue weighted by Crippen LogP contribution is 2.29. The second-order valence-electron chi connectivity index (χ2n) is 7.26. The highest BCUT2D eigenvalue weighted by Gasteiger charge is 2.23. The number of carbonyl (C=O) groups is 2. The van der Waals surface area contributed by atoms with E-state index in [-0.39, 0.29) is 17.9 Å². The van der Waals surface area contributed by atoms with Crippen molar-refractivity contribution < 1.29 is 23.5 Å². The molecule has 2 N–H and O–H groups in total. The minimum Gasteiger partial charge on any atom is -0.481 e. The van der Waals surface area contributed by atoms with Crippen molar-refractivity contribution >= 4 is 40.6 Å². The molecule has 3 aromatic carbocycles. The molecule has 0 bridgehead atoms. The number of hydrogen-bond acceptors (Lipinski definition) is 4. The van der Waals surface area contributed by atoms with Crippen molar-refractivity contribution in [2.24, 2.45) is 4.99 Å². The molecule has 1 aliphatic heterocycles. The lowest BCUT2D eigenvalue weighted by atomic mass is 10.0. The number of thioether (sulfide) groups is 1. The number of hydrogen-bond donors (Lipinski definition) is 2. The molecule has 1 saturated heterocycles.